The van der Waals surface area contributed by atoms with Crippen LogP contribution in [0.25, 0.3) is 0 Å². The quantitative estimate of drug-likeness (QED) is 0.676. The van der Waals surface area contributed by atoms with Crippen LogP contribution in [0.4, 0.5) is 0 Å². The lowest BCUT2D eigenvalue weighted by atomic mass is 10.5. The first-order chi connectivity index (χ1) is 7.69. The molecule has 0 spiro atoms. The molecule has 0 amide bonds. The van der Waals surface area contributed by atoms with E-state index < -0.39 is 0 Å². The van der Waals surface area contributed by atoms with Gasteiger partial charge in [0.05, 0.1) is 0 Å². The van der Waals surface area contributed by atoms with Crippen LogP contribution < -0.4 is 10.6 Å². The molecule has 1 aromatic rings. The Bertz CT molecular complexity index is 312. The Hall–Kier alpha value is 0.560. The predicted molar refractivity (Wildman–Crippen MR) is 84.3 cm³/mol. The van der Waals surface area contributed by atoms with Crippen LogP contribution in [0.3, 0.4) is 0 Å². The van der Waals surface area contributed by atoms with Gasteiger partial charge in [-0.1, -0.05) is 43.5 Å². The number of thiophene rings is 1. The molecule has 0 aromatic carbocycles. The van der Waals surface area contributed by atoms with Crippen molar-refractivity contribution < 1.29 is 0 Å². The molecule has 16 heavy (non-hydrogen) atoms. The first-order valence-electron chi connectivity index (χ1n) is 6.27. The van der Waals surface area contributed by atoms with Gasteiger partial charge in [-0.2, -0.15) is 0 Å². The summed E-state index contributed by atoms with van der Waals surface area (Å²) >= 11 is 1.98. The molecule has 0 aliphatic carbocycles. The molecule has 0 unspecified atom stereocenters. The van der Waals surface area contributed by atoms with Crippen LogP contribution in [-0.4, -0.2) is 24.6 Å². The van der Waals surface area contributed by atoms with Crippen LogP contribution in [0, 0.1) is 6.92 Å². The molecule has 0 aliphatic rings. The van der Waals surface area contributed by atoms with Gasteiger partial charge in [0.2, 0.25) is 0 Å². The van der Waals surface area contributed by atoms with E-state index in [9.17, 15) is 0 Å². The molecular formula is C13H24P2S. The second kappa shape index (κ2) is 7.10. The van der Waals surface area contributed by atoms with Crippen molar-refractivity contribution in [2.24, 2.45) is 0 Å². The van der Waals surface area contributed by atoms with Gasteiger partial charge >= 0.3 is 0 Å². The van der Waals surface area contributed by atoms with Crippen molar-refractivity contribution in [3.05, 3.63) is 10.3 Å². The lowest BCUT2D eigenvalue weighted by Crippen LogP contribution is -2.22. The molecule has 0 N–H and O–H groups in total. The van der Waals surface area contributed by atoms with Crippen molar-refractivity contribution in [1.29, 1.82) is 0 Å². The average molecular weight is 274 g/mol. The normalized spacial score (nSPS) is 11.7. The van der Waals surface area contributed by atoms with Gasteiger partial charge < -0.3 is 0 Å². The van der Waals surface area contributed by atoms with Crippen molar-refractivity contribution >= 4 is 37.8 Å². The van der Waals surface area contributed by atoms with Gasteiger partial charge in [-0.15, -0.1) is 11.3 Å². The van der Waals surface area contributed by atoms with E-state index in [1.165, 1.54) is 24.6 Å². The predicted octanol–water partition coefficient (Wildman–Crippen LogP) is 4.35. The van der Waals surface area contributed by atoms with Gasteiger partial charge in [0, 0.05) is 4.88 Å². The van der Waals surface area contributed by atoms with Gasteiger partial charge in [0.25, 0.3) is 0 Å². The Morgan fingerprint density at radius 3 is 1.88 bits per heavy atom. The summed E-state index contributed by atoms with van der Waals surface area (Å²) in [6.07, 6.45) is 5.41. The minimum absolute atomic E-state index is 0.127. The molecule has 0 radical (unpaired) electrons. The van der Waals surface area contributed by atoms with Crippen LogP contribution in [0.5, 0.6) is 0 Å². The maximum Gasteiger partial charge on any atom is 0.00976 e. The SMILES string of the molecule is CCP(CC)c1csc(C)c1P(CC)CC. The smallest absolute Gasteiger partial charge is 0.00976 e. The fraction of sp³-hybridized carbons (Fsp3) is 0.692. The molecule has 0 atom stereocenters. The lowest BCUT2D eigenvalue weighted by Gasteiger charge is -2.20. The zero-order valence-corrected chi connectivity index (χ0v) is 13.8. The maximum atomic E-state index is 2.46. The van der Waals surface area contributed by atoms with Crippen molar-refractivity contribution in [3.8, 4) is 0 Å². The van der Waals surface area contributed by atoms with Crippen LogP contribution in [0.2, 0.25) is 0 Å². The molecule has 0 bridgehead atoms. The summed E-state index contributed by atoms with van der Waals surface area (Å²) in [5.74, 6) is 0. The van der Waals surface area contributed by atoms with Gasteiger partial charge in [0.15, 0.2) is 0 Å². The highest BCUT2D eigenvalue weighted by Gasteiger charge is 2.20. The zero-order chi connectivity index (χ0) is 12.1. The largest absolute Gasteiger partial charge is 0.148 e. The molecule has 1 heterocycles. The minimum Gasteiger partial charge on any atom is -0.148 e. The van der Waals surface area contributed by atoms with E-state index in [1.807, 2.05) is 11.3 Å². The summed E-state index contributed by atoms with van der Waals surface area (Å²) in [4.78, 5) is 1.60. The third-order valence-electron chi connectivity index (χ3n) is 3.11. The Labute approximate surface area is 107 Å². The fourth-order valence-electron chi connectivity index (χ4n) is 2.15. The lowest BCUT2D eigenvalue weighted by molar-refractivity contribution is 1.41. The topological polar surface area (TPSA) is 0 Å². The minimum atomic E-state index is 0.127. The maximum absolute atomic E-state index is 2.46. The number of hydrogen-bond acceptors (Lipinski definition) is 1. The van der Waals surface area contributed by atoms with E-state index in [1.54, 1.807) is 15.5 Å². The third kappa shape index (κ3) is 3.06. The van der Waals surface area contributed by atoms with Crippen molar-refractivity contribution in [1.82, 2.24) is 0 Å². The van der Waals surface area contributed by atoms with E-state index in [0.29, 0.717) is 0 Å². The summed E-state index contributed by atoms with van der Waals surface area (Å²) in [6.45, 7) is 11.7. The first kappa shape index (κ1) is 14.6. The molecule has 0 fully saturated rings. The molecule has 0 nitrogen and oxygen atoms in total. The van der Waals surface area contributed by atoms with Gasteiger partial charge in [-0.3, -0.25) is 0 Å². The molecule has 1 aromatic heterocycles. The number of hydrogen-bond donors (Lipinski definition) is 0. The average Bonchev–Trinajstić information content (AvgIpc) is 2.66. The molecule has 0 saturated heterocycles. The molecular weight excluding hydrogens is 250 g/mol. The number of rotatable bonds is 6. The van der Waals surface area contributed by atoms with Crippen molar-refractivity contribution in [3.63, 3.8) is 0 Å². The van der Waals surface area contributed by atoms with Gasteiger partial charge in [0.1, 0.15) is 0 Å². The van der Waals surface area contributed by atoms with E-state index in [2.05, 4.69) is 40.0 Å². The summed E-state index contributed by atoms with van der Waals surface area (Å²) in [6, 6.07) is 0. The molecule has 3 heteroatoms. The van der Waals surface area contributed by atoms with Crippen LogP contribution >= 0.6 is 27.2 Å². The van der Waals surface area contributed by atoms with Crippen LogP contribution in [0.15, 0.2) is 5.38 Å². The Balaban J connectivity index is 3.10. The standard InChI is InChI=1S/C13H24P2S/c1-6-14(7-2)12-10-16-11(5)13(12)15(8-3)9-4/h10H,6-9H2,1-5H3. The van der Waals surface area contributed by atoms with Gasteiger partial charge in [-0.05, 0) is 47.6 Å². The monoisotopic (exact) mass is 274 g/mol. The van der Waals surface area contributed by atoms with E-state index >= 15 is 0 Å². The van der Waals surface area contributed by atoms with Gasteiger partial charge in [-0.25, -0.2) is 0 Å². The van der Waals surface area contributed by atoms with Crippen molar-refractivity contribution in [2.45, 2.75) is 34.6 Å². The summed E-state index contributed by atoms with van der Waals surface area (Å²) in [7, 11) is 0.258. The summed E-state index contributed by atoms with van der Waals surface area (Å²) in [5, 5.41) is 5.99. The highest BCUT2D eigenvalue weighted by Crippen LogP contribution is 2.41. The van der Waals surface area contributed by atoms with Crippen LogP contribution in [0.1, 0.15) is 32.6 Å². The molecule has 0 saturated carbocycles. The second-order valence-electron chi connectivity index (χ2n) is 3.87. The molecule has 1 rings (SSSR count). The van der Waals surface area contributed by atoms with Crippen LogP contribution in [-0.2, 0) is 0 Å². The first-order valence-corrected chi connectivity index (χ1v) is 10.6. The summed E-state index contributed by atoms with van der Waals surface area (Å²) < 4.78 is 0. The zero-order valence-electron chi connectivity index (χ0n) is 11.2. The highest BCUT2D eigenvalue weighted by molar-refractivity contribution is 7.72. The van der Waals surface area contributed by atoms with E-state index in [0.717, 1.165) is 0 Å². The third-order valence-corrected chi connectivity index (χ3v) is 9.82. The van der Waals surface area contributed by atoms with E-state index in [-0.39, 0.29) is 15.8 Å². The Kier molecular flexibility index (Phi) is 6.48. The number of aryl methyl sites for hydroxylation is 1. The fourth-order valence-corrected chi connectivity index (χ4v) is 8.60. The van der Waals surface area contributed by atoms with Crippen molar-refractivity contribution in [2.75, 3.05) is 24.6 Å². The Morgan fingerprint density at radius 1 is 0.938 bits per heavy atom. The molecule has 0 aliphatic heterocycles. The van der Waals surface area contributed by atoms with E-state index in [4.69, 9.17) is 0 Å². The second-order valence-corrected chi connectivity index (χ2v) is 10.6. The highest BCUT2D eigenvalue weighted by atomic mass is 32.1. The summed E-state index contributed by atoms with van der Waals surface area (Å²) in [5.41, 5.74) is 0. The molecule has 92 valence electrons. The Morgan fingerprint density at radius 2 is 1.44 bits per heavy atom.